The van der Waals surface area contributed by atoms with Crippen LogP contribution < -0.4 is 4.74 Å². The first kappa shape index (κ1) is 16.7. The minimum Gasteiger partial charge on any atom is -0.494 e. The summed E-state index contributed by atoms with van der Waals surface area (Å²) in [6.45, 7) is 1.91. The molecule has 0 fully saturated rings. The molecule has 1 aromatic rings. The van der Waals surface area contributed by atoms with Gasteiger partial charge in [-0.05, 0) is 24.1 Å². The van der Waals surface area contributed by atoms with Crippen LogP contribution in [0, 0.1) is 11.2 Å². The number of aliphatic hydroxyl groups is 1. The minimum atomic E-state index is -1.42. The van der Waals surface area contributed by atoms with Crippen molar-refractivity contribution in [2.45, 2.75) is 19.4 Å². The summed E-state index contributed by atoms with van der Waals surface area (Å²) in [5.41, 5.74) is 0.814. The van der Waals surface area contributed by atoms with Gasteiger partial charge in [0, 0.05) is 5.56 Å². The zero-order chi connectivity index (χ0) is 13.0. The van der Waals surface area contributed by atoms with E-state index in [9.17, 15) is 9.50 Å². The fourth-order valence-electron chi connectivity index (χ4n) is 1.48. The van der Waals surface area contributed by atoms with Crippen molar-refractivity contribution in [1.82, 2.24) is 0 Å². The van der Waals surface area contributed by atoms with E-state index in [4.69, 9.17) is 10.1 Å². The Bertz CT molecular complexity index is 426. The zero-order valence-corrected chi connectivity index (χ0v) is 11.3. The van der Waals surface area contributed by atoms with Crippen LogP contribution in [0.2, 0.25) is 0 Å². The third kappa shape index (κ3) is 3.34. The summed E-state index contributed by atoms with van der Waals surface area (Å²) in [7, 11) is 2.61. The highest BCUT2D eigenvalue weighted by atomic mass is 35.5. The predicted molar refractivity (Wildman–Crippen MR) is 69.3 cm³/mol. The van der Waals surface area contributed by atoms with Gasteiger partial charge in [-0.15, -0.1) is 12.4 Å². The molecule has 0 amide bonds. The van der Waals surface area contributed by atoms with Crippen LogP contribution >= 0.6 is 12.4 Å². The molecule has 1 rings (SSSR count). The van der Waals surface area contributed by atoms with E-state index >= 15 is 0 Å². The predicted octanol–water partition coefficient (Wildman–Crippen LogP) is 2.48. The molecule has 102 valence electrons. The molecular formula is C12H17ClFNO3. The van der Waals surface area contributed by atoms with Crippen LogP contribution in [0.4, 0.5) is 4.39 Å². The third-order valence-corrected chi connectivity index (χ3v) is 2.52. The Morgan fingerprint density at radius 3 is 2.50 bits per heavy atom. The van der Waals surface area contributed by atoms with Crippen LogP contribution in [-0.2, 0) is 11.2 Å². The Morgan fingerprint density at radius 2 is 2.06 bits per heavy atom. The average molecular weight is 278 g/mol. The van der Waals surface area contributed by atoms with Crippen molar-refractivity contribution >= 4 is 18.3 Å². The summed E-state index contributed by atoms with van der Waals surface area (Å²) >= 11 is 0. The fraction of sp³-hybridized carbons (Fsp3) is 0.417. The lowest BCUT2D eigenvalue weighted by Gasteiger charge is -2.15. The quantitative estimate of drug-likeness (QED) is 0.656. The highest BCUT2D eigenvalue weighted by molar-refractivity contribution is 5.85. The Morgan fingerprint density at radius 1 is 1.44 bits per heavy atom. The molecule has 4 nitrogen and oxygen atoms in total. The SMILES string of the molecule is CCc1cc(OC)c(F)c(C(O)C(=N)OC)c1.Cl. The van der Waals surface area contributed by atoms with Crippen LogP contribution in [0.3, 0.4) is 0 Å². The molecule has 0 saturated heterocycles. The number of hydrogen-bond donors (Lipinski definition) is 2. The zero-order valence-electron chi connectivity index (χ0n) is 10.5. The molecule has 2 N–H and O–H groups in total. The average Bonchev–Trinajstić information content (AvgIpc) is 2.37. The number of aryl methyl sites for hydroxylation is 1. The maximum atomic E-state index is 13.9. The molecule has 0 aliphatic heterocycles. The molecule has 0 aliphatic rings. The summed E-state index contributed by atoms with van der Waals surface area (Å²) in [6, 6.07) is 3.08. The van der Waals surface area contributed by atoms with Crippen molar-refractivity contribution in [3.63, 3.8) is 0 Å². The highest BCUT2D eigenvalue weighted by Crippen LogP contribution is 2.28. The van der Waals surface area contributed by atoms with Crippen LogP contribution in [0.15, 0.2) is 12.1 Å². The topological polar surface area (TPSA) is 62.5 Å². The van der Waals surface area contributed by atoms with E-state index in [1.807, 2.05) is 6.92 Å². The van der Waals surface area contributed by atoms with Gasteiger partial charge in [-0.25, -0.2) is 4.39 Å². The number of benzene rings is 1. The summed E-state index contributed by atoms with van der Waals surface area (Å²) in [5, 5.41) is 17.1. The lowest BCUT2D eigenvalue weighted by Crippen LogP contribution is -2.15. The van der Waals surface area contributed by atoms with Crippen molar-refractivity contribution in [2.75, 3.05) is 14.2 Å². The van der Waals surface area contributed by atoms with Gasteiger partial charge in [0.2, 0.25) is 5.90 Å². The maximum Gasteiger partial charge on any atom is 0.214 e. The number of ether oxygens (including phenoxy) is 2. The van der Waals surface area contributed by atoms with Gasteiger partial charge < -0.3 is 14.6 Å². The van der Waals surface area contributed by atoms with Crippen molar-refractivity contribution in [3.05, 3.63) is 29.1 Å². The highest BCUT2D eigenvalue weighted by Gasteiger charge is 2.22. The van der Waals surface area contributed by atoms with E-state index in [-0.39, 0.29) is 23.7 Å². The van der Waals surface area contributed by atoms with Crippen LogP contribution in [-0.4, -0.2) is 25.2 Å². The van der Waals surface area contributed by atoms with Gasteiger partial charge in [0.1, 0.15) is 0 Å². The first-order chi connectivity index (χ1) is 8.04. The molecule has 0 aliphatic carbocycles. The monoisotopic (exact) mass is 277 g/mol. The van der Waals surface area contributed by atoms with E-state index < -0.39 is 17.8 Å². The molecule has 0 bridgehead atoms. The standard InChI is InChI=1S/C12H16FNO3.ClH/c1-4-7-5-8(11(15)12(14)17-3)10(13)9(6-7)16-2;/h5-6,11,14-15H,4H2,1-3H3;1H. The lowest BCUT2D eigenvalue weighted by atomic mass is 10.0. The summed E-state index contributed by atoms with van der Waals surface area (Å²) in [6.07, 6.45) is -0.739. The number of halogens is 2. The Kier molecular flexibility index (Phi) is 6.65. The van der Waals surface area contributed by atoms with Crippen molar-refractivity contribution in [1.29, 1.82) is 5.41 Å². The molecule has 0 spiro atoms. The molecule has 0 saturated carbocycles. The summed E-state index contributed by atoms with van der Waals surface area (Å²) in [5.74, 6) is -1.01. The number of methoxy groups -OCH3 is 2. The van der Waals surface area contributed by atoms with E-state index in [1.165, 1.54) is 20.3 Å². The largest absolute Gasteiger partial charge is 0.494 e. The van der Waals surface area contributed by atoms with Gasteiger partial charge in [-0.3, -0.25) is 5.41 Å². The second-order valence-corrected chi connectivity index (χ2v) is 3.53. The molecule has 1 aromatic carbocycles. The first-order valence-electron chi connectivity index (χ1n) is 5.21. The minimum absolute atomic E-state index is 0. The second-order valence-electron chi connectivity index (χ2n) is 3.53. The molecule has 1 unspecified atom stereocenters. The third-order valence-electron chi connectivity index (χ3n) is 2.52. The molecule has 6 heteroatoms. The fourth-order valence-corrected chi connectivity index (χ4v) is 1.48. The van der Waals surface area contributed by atoms with Crippen molar-refractivity contribution in [3.8, 4) is 5.75 Å². The molecule has 1 atom stereocenters. The lowest BCUT2D eigenvalue weighted by molar-refractivity contribution is 0.199. The normalized spacial score (nSPS) is 11.4. The first-order valence-corrected chi connectivity index (χ1v) is 5.21. The van der Waals surface area contributed by atoms with Crippen molar-refractivity contribution < 1.29 is 19.0 Å². The molecule has 18 heavy (non-hydrogen) atoms. The Hall–Kier alpha value is -1.33. The van der Waals surface area contributed by atoms with Gasteiger partial charge in [-0.1, -0.05) is 6.92 Å². The molecular weight excluding hydrogens is 261 g/mol. The van der Waals surface area contributed by atoms with E-state index in [2.05, 4.69) is 4.74 Å². The number of hydrogen-bond acceptors (Lipinski definition) is 4. The van der Waals surface area contributed by atoms with E-state index in [0.717, 1.165) is 5.56 Å². The van der Waals surface area contributed by atoms with Gasteiger partial charge >= 0.3 is 0 Å². The smallest absolute Gasteiger partial charge is 0.214 e. The van der Waals surface area contributed by atoms with Gasteiger partial charge in [0.15, 0.2) is 17.7 Å². The summed E-state index contributed by atoms with van der Waals surface area (Å²) < 4.78 is 23.4. The number of nitrogens with one attached hydrogen (secondary N) is 1. The van der Waals surface area contributed by atoms with Crippen LogP contribution in [0.5, 0.6) is 5.75 Å². The molecule has 0 radical (unpaired) electrons. The Labute approximate surface area is 112 Å². The van der Waals surface area contributed by atoms with Gasteiger partial charge in [0.05, 0.1) is 14.2 Å². The van der Waals surface area contributed by atoms with Gasteiger partial charge in [-0.2, -0.15) is 0 Å². The number of rotatable bonds is 4. The Balaban J connectivity index is 0.00000289. The van der Waals surface area contributed by atoms with E-state index in [0.29, 0.717) is 6.42 Å². The second kappa shape index (κ2) is 7.18. The van der Waals surface area contributed by atoms with Crippen LogP contribution in [0.1, 0.15) is 24.2 Å². The summed E-state index contributed by atoms with van der Waals surface area (Å²) in [4.78, 5) is 0. The number of aliphatic hydroxyl groups excluding tert-OH is 1. The van der Waals surface area contributed by atoms with Crippen LogP contribution in [0.25, 0.3) is 0 Å². The molecule has 0 heterocycles. The van der Waals surface area contributed by atoms with E-state index in [1.54, 1.807) is 6.07 Å². The maximum absolute atomic E-state index is 13.9. The van der Waals surface area contributed by atoms with Crippen molar-refractivity contribution in [2.24, 2.45) is 0 Å². The molecule has 0 aromatic heterocycles. The van der Waals surface area contributed by atoms with Gasteiger partial charge in [0.25, 0.3) is 0 Å².